The van der Waals surface area contributed by atoms with Crippen LogP contribution in [-0.4, -0.2) is 43.1 Å². The van der Waals surface area contributed by atoms with Crippen molar-refractivity contribution in [2.75, 3.05) is 18.1 Å². The molecule has 0 spiro atoms. The molecule has 0 bridgehead atoms. The normalized spacial score (nSPS) is 15.6. The van der Waals surface area contributed by atoms with E-state index in [4.69, 9.17) is 20.6 Å². The number of benzene rings is 3. The predicted molar refractivity (Wildman–Crippen MR) is 194 cm³/mol. The van der Waals surface area contributed by atoms with Gasteiger partial charge in [-0.1, -0.05) is 80.6 Å². The highest BCUT2D eigenvalue weighted by Crippen LogP contribution is 2.44. The molecule has 0 aliphatic heterocycles. The molecule has 5 N–H and O–H groups in total. The Hall–Kier alpha value is -4.96. The zero-order chi connectivity index (χ0) is 35.2. The van der Waals surface area contributed by atoms with Crippen LogP contribution in [0.1, 0.15) is 80.4 Å². The van der Waals surface area contributed by atoms with Crippen molar-refractivity contribution in [2.45, 2.75) is 82.7 Å². The number of nitrogens with one attached hydrogen (secondary N) is 1. The van der Waals surface area contributed by atoms with Crippen LogP contribution in [0.25, 0.3) is 22.1 Å². The number of nitrogens with two attached hydrogens (primary N) is 2. The van der Waals surface area contributed by atoms with Crippen molar-refractivity contribution < 1.29 is 23.5 Å². The van der Waals surface area contributed by atoms with Gasteiger partial charge in [0.05, 0.1) is 0 Å². The first-order chi connectivity index (χ1) is 24.2. The number of ether oxygens (including phenoxy) is 1. The van der Waals surface area contributed by atoms with Crippen molar-refractivity contribution in [2.24, 2.45) is 17.4 Å². The Kier molecular flexibility index (Phi) is 11.0. The molecule has 2 atom stereocenters. The summed E-state index contributed by atoms with van der Waals surface area (Å²) in [5.41, 5.74) is 17.0. The summed E-state index contributed by atoms with van der Waals surface area (Å²) < 4.78 is 11.4. The van der Waals surface area contributed by atoms with Gasteiger partial charge in [0.1, 0.15) is 24.3 Å². The number of unbranched alkanes of at least 4 members (excludes halogenated alkanes) is 1. The maximum atomic E-state index is 14.8. The Morgan fingerprint density at radius 2 is 1.62 bits per heavy atom. The molecule has 10 heteroatoms. The number of hydrogen-bond acceptors (Lipinski definition) is 7. The third-order valence-electron chi connectivity index (χ3n) is 10.2. The van der Waals surface area contributed by atoms with Crippen LogP contribution in [0.3, 0.4) is 0 Å². The lowest BCUT2D eigenvalue weighted by Crippen LogP contribution is -2.56. The van der Waals surface area contributed by atoms with Crippen LogP contribution < -0.4 is 27.3 Å². The lowest BCUT2D eigenvalue weighted by molar-refractivity contribution is -0.126. The molecular weight excluding hydrogens is 632 g/mol. The van der Waals surface area contributed by atoms with Crippen molar-refractivity contribution in [1.29, 1.82) is 0 Å². The topological polar surface area (TPSA) is 158 Å². The van der Waals surface area contributed by atoms with Crippen molar-refractivity contribution in [3.05, 3.63) is 99.9 Å². The molecule has 1 heterocycles. The zero-order valence-electron chi connectivity index (χ0n) is 28.6. The number of hydrogen-bond donors (Lipinski definition) is 3. The predicted octanol–water partition coefficient (Wildman–Crippen LogP) is 6.30. The Bertz CT molecular complexity index is 1870. The number of aryl methyl sites for hydroxylation is 1. The Morgan fingerprint density at radius 3 is 2.28 bits per heavy atom. The minimum absolute atomic E-state index is 0.0972. The molecule has 1 fully saturated rings. The van der Waals surface area contributed by atoms with E-state index >= 15 is 0 Å². The van der Waals surface area contributed by atoms with Gasteiger partial charge in [0.15, 0.2) is 0 Å². The number of fused-ring (bicyclic) bond motifs is 4. The molecule has 1 saturated carbocycles. The summed E-state index contributed by atoms with van der Waals surface area (Å²) in [6.45, 7) is 2.33. The van der Waals surface area contributed by atoms with Crippen molar-refractivity contribution in [3.63, 3.8) is 0 Å². The second kappa shape index (κ2) is 15.7. The average molecular weight is 679 g/mol. The van der Waals surface area contributed by atoms with Gasteiger partial charge >= 0.3 is 11.7 Å². The summed E-state index contributed by atoms with van der Waals surface area (Å²) in [5.74, 6) is -1.10. The maximum Gasteiger partial charge on any atom is 0.407 e. The number of alkyl carbamates (subject to hydrolysis) is 1. The van der Waals surface area contributed by atoms with E-state index in [1.165, 1.54) is 11.0 Å². The third kappa shape index (κ3) is 7.60. The van der Waals surface area contributed by atoms with Crippen LogP contribution in [-0.2, 0) is 14.3 Å². The van der Waals surface area contributed by atoms with Crippen LogP contribution >= 0.6 is 0 Å². The third-order valence-corrected chi connectivity index (χ3v) is 10.2. The molecule has 4 aromatic rings. The van der Waals surface area contributed by atoms with Crippen LogP contribution in [0.15, 0.2) is 82.0 Å². The standard InChI is InChI=1S/C40H46N4O6/c1-25-21-37(45)50-36-23-27(18-19-28(25)36)44(35(38(42)46)17-9-10-20-41)39(47)34(22-26-11-3-2-4-12-26)43-40(48)49-24-33-31-15-7-5-13-29(31)30-14-6-8-16-32(30)33/h5-8,13-16,18-19,21,23,26,33-35H,2-4,9-12,17,20,22,24,41H2,1H3,(H2,42,46)(H,43,48)/t34-,35-/m0/s1. The van der Waals surface area contributed by atoms with Gasteiger partial charge in [-0.2, -0.15) is 0 Å². The first-order valence-electron chi connectivity index (χ1n) is 17.7. The summed E-state index contributed by atoms with van der Waals surface area (Å²) in [4.78, 5) is 55.2. The van der Waals surface area contributed by atoms with E-state index in [1.54, 1.807) is 25.1 Å². The summed E-state index contributed by atoms with van der Waals surface area (Å²) in [7, 11) is 0. The van der Waals surface area contributed by atoms with E-state index in [-0.39, 0.29) is 30.4 Å². The molecule has 0 radical (unpaired) electrons. The van der Waals surface area contributed by atoms with Crippen molar-refractivity contribution >= 4 is 34.6 Å². The fourth-order valence-electron chi connectivity index (χ4n) is 7.73. The fourth-order valence-corrected chi connectivity index (χ4v) is 7.73. The van der Waals surface area contributed by atoms with E-state index in [2.05, 4.69) is 29.6 Å². The number of rotatable bonds is 13. The van der Waals surface area contributed by atoms with E-state index in [1.807, 2.05) is 24.3 Å². The highest BCUT2D eigenvalue weighted by molar-refractivity contribution is 6.05. The van der Waals surface area contributed by atoms with Gasteiger partial charge in [0.2, 0.25) is 11.8 Å². The lowest BCUT2D eigenvalue weighted by Gasteiger charge is -2.35. The fraction of sp³-hybridized carbons (Fsp3) is 0.400. The molecule has 2 aliphatic rings. The van der Waals surface area contributed by atoms with Gasteiger partial charge in [-0.25, -0.2) is 9.59 Å². The Morgan fingerprint density at radius 1 is 0.940 bits per heavy atom. The molecule has 2 aliphatic carbocycles. The summed E-state index contributed by atoms with van der Waals surface area (Å²) in [6, 6.07) is 20.7. The van der Waals surface area contributed by atoms with Crippen molar-refractivity contribution in [1.82, 2.24) is 5.32 Å². The molecule has 0 saturated heterocycles. The van der Waals surface area contributed by atoms with Crippen molar-refractivity contribution in [3.8, 4) is 11.1 Å². The largest absolute Gasteiger partial charge is 0.449 e. The number of amides is 3. The second-order valence-electron chi connectivity index (χ2n) is 13.6. The number of carbonyl (C=O) groups is 3. The molecule has 3 amide bonds. The zero-order valence-corrected chi connectivity index (χ0v) is 28.6. The van der Waals surface area contributed by atoms with Crippen LogP contribution in [0, 0.1) is 12.8 Å². The Labute approximate surface area is 292 Å². The molecule has 50 heavy (non-hydrogen) atoms. The van der Waals surface area contributed by atoms with Gasteiger partial charge in [0.25, 0.3) is 0 Å². The van der Waals surface area contributed by atoms with Crippen LogP contribution in [0.4, 0.5) is 10.5 Å². The quantitative estimate of drug-likeness (QED) is 0.111. The van der Waals surface area contributed by atoms with E-state index in [9.17, 15) is 19.2 Å². The molecule has 262 valence electrons. The number of primary amides is 1. The van der Waals surface area contributed by atoms with Crippen LogP contribution in [0.5, 0.6) is 0 Å². The number of carbonyl (C=O) groups excluding carboxylic acids is 3. The molecule has 10 nitrogen and oxygen atoms in total. The minimum Gasteiger partial charge on any atom is -0.449 e. The number of nitrogens with zero attached hydrogens (tertiary/aromatic N) is 1. The molecular formula is C40H46N4O6. The van der Waals surface area contributed by atoms with Gasteiger partial charge in [-0.3, -0.25) is 14.5 Å². The van der Waals surface area contributed by atoms with E-state index in [0.29, 0.717) is 36.9 Å². The van der Waals surface area contributed by atoms with Gasteiger partial charge in [-0.05, 0) is 85.0 Å². The molecule has 1 aromatic heterocycles. The van der Waals surface area contributed by atoms with Crippen LogP contribution in [0.2, 0.25) is 0 Å². The highest BCUT2D eigenvalue weighted by Gasteiger charge is 2.37. The molecule has 3 aromatic carbocycles. The van der Waals surface area contributed by atoms with Gasteiger partial charge in [0, 0.05) is 29.1 Å². The SMILES string of the molecule is Cc1cc(=O)oc2cc(N(C(=O)[C@H](CC3CCCCC3)NC(=O)OCC3c4ccccc4-c4ccccc43)[C@@H](CCCCN)C(N)=O)ccc12. The van der Waals surface area contributed by atoms with E-state index < -0.39 is 35.6 Å². The summed E-state index contributed by atoms with van der Waals surface area (Å²) in [5, 5.41) is 3.61. The van der Waals surface area contributed by atoms with Gasteiger partial charge < -0.3 is 25.9 Å². The van der Waals surface area contributed by atoms with E-state index in [0.717, 1.165) is 59.9 Å². The average Bonchev–Trinajstić information content (AvgIpc) is 3.43. The number of anilines is 1. The van der Waals surface area contributed by atoms with Gasteiger partial charge in [-0.15, -0.1) is 0 Å². The lowest BCUT2D eigenvalue weighted by atomic mass is 9.84. The monoisotopic (exact) mass is 678 g/mol. The first-order valence-corrected chi connectivity index (χ1v) is 17.7. The minimum atomic E-state index is -1.03. The summed E-state index contributed by atoms with van der Waals surface area (Å²) in [6.07, 6.45) is 6.25. The first kappa shape index (κ1) is 34.9. The molecule has 0 unspecified atom stereocenters. The maximum absolute atomic E-state index is 14.8. The molecule has 6 rings (SSSR count). The highest BCUT2D eigenvalue weighted by atomic mass is 16.5. The Balaban J connectivity index is 1.30. The second-order valence-corrected chi connectivity index (χ2v) is 13.6. The smallest absolute Gasteiger partial charge is 0.407 e. The summed E-state index contributed by atoms with van der Waals surface area (Å²) >= 11 is 0.